The van der Waals surface area contributed by atoms with Gasteiger partial charge in [-0.25, -0.2) is 4.98 Å². The van der Waals surface area contributed by atoms with E-state index in [0.717, 1.165) is 30.0 Å². The van der Waals surface area contributed by atoms with E-state index in [4.69, 9.17) is 0 Å². The van der Waals surface area contributed by atoms with E-state index in [0.29, 0.717) is 12.5 Å². The zero-order valence-electron chi connectivity index (χ0n) is 15.4. The zero-order valence-corrected chi connectivity index (χ0v) is 19.4. The van der Waals surface area contributed by atoms with Crippen LogP contribution in [-0.2, 0) is 12.8 Å². The molecule has 27 heavy (non-hydrogen) atoms. The van der Waals surface area contributed by atoms with Crippen LogP contribution in [0.5, 0.6) is 0 Å². The number of nitrogens with one attached hydrogen (secondary N) is 2. The van der Waals surface area contributed by atoms with E-state index in [9.17, 15) is 5.11 Å². The van der Waals surface area contributed by atoms with Gasteiger partial charge in [-0.1, -0.05) is 25.1 Å². The maximum absolute atomic E-state index is 10.5. The number of aliphatic hydroxyl groups excluding tert-OH is 1. The van der Waals surface area contributed by atoms with E-state index >= 15 is 0 Å². The number of nitrogens with zero attached hydrogens (tertiary/aromatic N) is 2. The summed E-state index contributed by atoms with van der Waals surface area (Å²) in [6.07, 6.45) is 1.28. The molecule has 1 atom stereocenters. The monoisotopic (exact) mass is 516 g/mol. The highest BCUT2D eigenvalue weighted by Gasteiger charge is 2.12. The molecule has 1 aromatic carbocycles. The minimum atomic E-state index is -0.559. The Morgan fingerprint density at radius 2 is 2.11 bits per heavy atom. The molecule has 0 saturated carbocycles. The van der Waals surface area contributed by atoms with Crippen LogP contribution in [0.4, 0.5) is 0 Å². The first-order chi connectivity index (χ1) is 12.7. The van der Waals surface area contributed by atoms with Crippen molar-refractivity contribution in [1.29, 1.82) is 0 Å². The van der Waals surface area contributed by atoms with E-state index in [-0.39, 0.29) is 24.0 Å². The Labute approximate surface area is 185 Å². The smallest absolute Gasteiger partial charge is 0.191 e. The van der Waals surface area contributed by atoms with Crippen LogP contribution in [0.15, 0.2) is 40.7 Å². The van der Waals surface area contributed by atoms with Gasteiger partial charge in [-0.2, -0.15) is 0 Å². The Morgan fingerprint density at radius 3 is 2.81 bits per heavy atom. The average Bonchev–Trinajstić information content (AvgIpc) is 3.30. The van der Waals surface area contributed by atoms with Crippen LogP contribution in [0.25, 0.3) is 10.1 Å². The molecule has 0 spiro atoms. The molecule has 1 unspecified atom stereocenters. The van der Waals surface area contributed by atoms with Gasteiger partial charge in [0.25, 0.3) is 0 Å². The number of halogens is 1. The SMILES string of the molecule is CCc1nc(CCNC(=NC)NCC(O)c2cc3ccccc3s2)cs1.I. The maximum atomic E-state index is 10.5. The lowest BCUT2D eigenvalue weighted by Gasteiger charge is -2.14. The van der Waals surface area contributed by atoms with Crippen molar-refractivity contribution in [2.24, 2.45) is 4.99 Å². The number of benzene rings is 1. The number of aliphatic imine (C=N–C) groups is 1. The van der Waals surface area contributed by atoms with Crippen molar-refractivity contribution in [2.45, 2.75) is 25.9 Å². The van der Waals surface area contributed by atoms with Crippen LogP contribution >= 0.6 is 46.7 Å². The fourth-order valence-electron chi connectivity index (χ4n) is 2.62. The first kappa shape index (κ1) is 22.1. The fourth-order valence-corrected chi connectivity index (χ4v) is 4.45. The average molecular weight is 516 g/mol. The van der Waals surface area contributed by atoms with Crippen molar-refractivity contribution in [3.63, 3.8) is 0 Å². The molecule has 8 heteroatoms. The molecule has 2 aromatic heterocycles. The summed E-state index contributed by atoms with van der Waals surface area (Å²) in [6, 6.07) is 10.2. The fraction of sp³-hybridized carbons (Fsp3) is 0.368. The summed E-state index contributed by atoms with van der Waals surface area (Å²) in [5, 5.41) is 21.4. The van der Waals surface area contributed by atoms with Crippen molar-refractivity contribution in [1.82, 2.24) is 15.6 Å². The van der Waals surface area contributed by atoms with Crippen LogP contribution in [0, 0.1) is 0 Å². The summed E-state index contributed by atoms with van der Waals surface area (Å²) in [5.41, 5.74) is 1.11. The van der Waals surface area contributed by atoms with Crippen LogP contribution < -0.4 is 10.6 Å². The third kappa shape index (κ3) is 6.13. The quantitative estimate of drug-likeness (QED) is 0.253. The summed E-state index contributed by atoms with van der Waals surface area (Å²) in [7, 11) is 1.74. The van der Waals surface area contributed by atoms with Crippen LogP contribution in [-0.4, -0.2) is 36.2 Å². The molecular weight excluding hydrogens is 491 g/mol. The first-order valence-corrected chi connectivity index (χ1v) is 10.4. The molecule has 3 aromatic rings. The zero-order chi connectivity index (χ0) is 18.4. The lowest BCUT2D eigenvalue weighted by molar-refractivity contribution is 0.184. The summed E-state index contributed by atoms with van der Waals surface area (Å²) in [6.45, 7) is 3.29. The lowest BCUT2D eigenvalue weighted by atomic mass is 10.2. The van der Waals surface area contributed by atoms with Gasteiger partial charge >= 0.3 is 0 Å². The molecule has 146 valence electrons. The van der Waals surface area contributed by atoms with Gasteiger partial charge in [-0.3, -0.25) is 4.99 Å². The van der Waals surface area contributed by atoms with Gasteiger partial charge in [0.15, 0.2) is 5.96 Å². The number of guanidine groups is 1. The highest BCUT2D eigenvalue weighted by Crippen LogP contribution is 2.29. The van der Waals surface area contributed by atoms with Gasteiger partial charge in [0, 0.05) is 41.5 Å². The van der Waals surface area contributed by atoms with E-state index < -0.39 is 6.10 Å². The summed E-state index contributed by atoms with van der Waals surface area (Å²) in [5.74, 6) is 0.691. The molecule has 0 bridgehead atoms. The number of aryl methyl sites for hydroxylation is 1. The summed E-state index contributed by atoms with van der Waals surface area (Å²) < 4.78 is 1.19. The number of rotatable bonds is 7. The Balaban J connectivity index is 0.00000261. The lowest BCUT2D eigenvalue weighted by Crippen LogP contribution is -2.40. The third-order valence-electron chi connectivity index (χ3n) is 4.03. The number of thiazole rings is 1. The molecule has 3 N–H and O–H groups in total. The van der Waals surface area contributed by atoms with Crippen molar-refractivity contribution in [3.8, 4) is 0 Å². The topological polar surface area (TPSA) is 69.5 Å². The number of thiophene rings is 1. The van der Waals surface area contributed by atoms with Gasteiger partial charge in [-0.05, 0) is 23.9 Å². The molecule has 0 fully saturated rings. The van der Waals surface area contributed by atoms with Crippen molar-refractivity contribution in [3.05, 3.63) is 51.3 Å². The van der Waals surface area contributed by atoms with Crippen LogP contribution in [0.1, 0.15) is 28.6 Å². The second-order valence-corrected chi connectivity index (χ2v) is 7.98. The van der Waals surface area contributed by atoms with Gasteiger partial charge in [0.05, 0.1) is 10.7 Å². The van der Waals surface area contributed by atoms with Gasteiger partial charge < -0.3 is 15.7 Å². The summed E-state index contributed by atoms with van der Waals surface area (Å²) >= 11 is 3.34. The Hall–Kier alpha value is -1.23. The number of hydrogen-bond donors (Lipinski definition) is 3. The first-order valence-electron chi connectivity index (χ1n) is 8.74. The molecular formula is C19H25IN4OS2. The standard InChI is InChI=1S/C19H24N4OS2.HI/c1-3-18-23-14(12-25-18)8-9-21-19(20-2)22-11-15(24)17-10-13-6-4-5-7-16(13)26-17;/h4-7,10,12,15,24H,3,8-9,11H2,1-2H3,(H2,20,21,22);1H. The highest BCUT2D eigenvalue weighted by molar-refractivity contribution is 14.0. The molecule has 0 saturated heterocycles. The Bertz CT molecular complexity index is 844. The number of aromatic nitrogens is 1. The molecule has 5 nitrogen and oxygen atoms in total. The molecule has 0 radical (unpaired) electrons. The second kappa shape index (κ2) is 10.9. The maximum Gasteiger partial charge on any atom is 0.191 e. The largest absolute Gasteiger partial charge is 0.386 e. The van der Waals surface area contributed by atoms with Crippen LogP contribution in [0.3, 0.4) is 0 Å². The molecule has 0 amide bonds. The van der Waals surface area contributed by atoms with E-state index in [2.05, 4.69) is 51.1 Å². The summed E-state index contributed by atoms with van der Waals surface area (Å²) in [4.78, 5) is 9.75. The molecule has 3 rings (SSSR count). The van der Waals surface area contributed by atoms with Crippen molar-refractivity contribution < 1.29 is 5.11 Å². The third-order valence-corrected chi connectivity index (χ3v) is 6.29. The van der Waals surface area contributed by atoms with Crippen LogP contribution in [0.2, 0.25) is 0 Å². The second-order valence-electron chi connectivity index (χ2n) is 5.92. The molecule has 2 heterocycles. The van der Waals surface area contributed by atoms with Gasteiger partial charge in [0.2, 0.25) is 0 Å². The minimum Gasteiger partial charge on any atom is -0.386 e. The Kier molecular flexibility index (Phi) is 8.94. The molecule has 0 aliphatic rings. The van der Waals surface area contributed by atoms with Gasteiger partial charge in [0.1, 0.15) is 6.10 Å². The van der Waals surface area contributed by atoms with E-state index in [1.165, 1.54) is 15.1 Å². The van der Waals surface area contributed by atoms with Crippen molar-refractivity contribution in [2.75, 3.05) is 20.1 Å². The number of aliphatic hydroxyl groups is 1. The molecule has 0 aliphatic carbocycles. The number of hydrogen-bond acceptors (Lipinski definition) is 5. The van der Waals surface area contributed by atoms with Gasteiger partial charge in [-0.15, -0.1) is 46.7 Å². The Morgan fingerprint density at radius 1 is 1.30 bits per heavy atom. The van der Waals surface area contributed by atoms with E-state index in [1.807, 2.05) is 12.1 Å². The highest BCUT2D eigenvalue weighted by atomic mass is 127. The van der Waals surface area contributed by atoms with E-state index in [1.54, 1.807) is 29.7 Å². The minimum absolute atomic E-state index is 0. The number of fused-ring (bicyclic) bond motifs is 1. The van der Waals surface area contributed by atoms with Crippen molar-refractivity contribution >= 4 is 62.7 Å². The normalized spacial score (nSPS) is 12.6. The molecule has 0 aliphatic heterocycles. The predicted octanol–water partition coefficient (Wildman–Crippen LogP) is 3.98. The predicted molar refractivity (Wildman–Crippen MR) is 127 cm³/mol.